The molecule has 0 bridgehead atoms. The van der Waals surface area contributed by atoms with Crippen molar-refractivity contribution < 1.29 is 18.7 Å². The van der Waals surface area contributed by atoms with E-state index >= 15 is 0 Å². The summed E-state index contributed by atoms with van der Waals surface area (Å²) in [4.78, 5) is 38.4. The summed E-state index contributed by atoms with van der Waals surface area (Å²) < 4.78 is 18.6. The molecular formula is C23H19FN4O3. The summed E-state index contributed by atoms with van der Waals surface area (Å²) in [5, 5.41) is 0. The highest BCUT2D eigenvalue weighted by atomic mass is 19.1. The van der Waals surface area contributed by atoms with Crippen molar-refractivity contribution in [2.24, 2.45) is 0 Å². The van der Waals surface area contributed by atoms with Gasteiger partial charge in [-0.1, -0.05) is 12.1 Å². The molecular weight excluding hydrogens is 399 g/mol. The Bertz CT molecular complexity index is 1170. The molecule has 8 heteroatoms. The van der Waals surface area contributed by atoms with E-state index in [4.69, 9.17) is 4.74 Å². The van der Waals surface area contributed by atoms with Crippen LogP contribution in [-0.4, -0.2) is 51.8 Å². The van der Waals surface area contributed by atoms with Crippen molar-refractivity contribution in [2.45, 2.75) is 12.1 Å². The van der Waals surface area contributed by atoms with Gasteiger partial charge in [0, 0.05) is 31.9 Å². The highest BCUT2D eigenvalue weighted by Crippen LogP contribution is 2.45. The number of nitrogens with zero attached hydrogens (tertiary/aromatic N) is 4. The minimum absolute atomic E-state index is 0.169. The van der Waals surface area contributed by atoms with Gasteiger partial charge in [0.25, 0.3) is 11.8 Å². The Kier molecular flexibility index (Phi) is 4.43. The minimum Gasteiger partial charge on any atom is -0.497 e. The normalized spacial score (nSPS) is 19.7. The maximum atomic E-state index is 13.5. The van der Waals surface area contributed by atoms with E-state index in [-0.39, 0.29) is 17.4 Å². The Morgan fingerprint density at radius 3 is 2.61 bits per heavy atom. The molecule has 0 aliphatic carbocycles. The molecule has 2 aromatic heterocycles. The van der Waals surface area contributed by atoms with Crippen molar-refractivity contribution in [1.29, 1.82) is 0 Å². The van der Waals surface area contributed by atoms with Crippen LogP contribution in [0.4, 0.5) is 4.39 Å². The highest BCUT2D eigenvalue weighted by Gasteiger charge is 2.56. The Balaban J connectivity index is 1.67. The van der Waals surface area contributed by atoms with Crippen LogP contribution in [0.1, 0.15) is 32.0 Å². The van der Waals surface area contributed by atoms with Gasteiger partial charge < -0.3 is 14.5 Å². The topological polar surface area (TPSA) is 75.6 Å². The quantitative estimate of drug-likeness (QED) is 0.612. The Morgan fingerprint density at radius 2 is 1.90 bits per heavy atom. The molecule has 31 heavy (non-hydrogen) atoms. The van der Waals surface area contributed by atoms with Crippen LogP contribution in [0.3, 0.4) is 0 Å². The number of carbonyl (C=O) groups is 2. The largest absolute Gasteiger partial charge is 0.497 e. The van der Waals surface area contributed by atoms with Crippen LogP contribution >= 0.6 is 0 Å². The third-order valence-electron chi connectivity index (χ3n) is 5.99. The molecule has 3 aromatic rings. The predicted octanol–water partition coefficient (Wildman–Crippen LogP) is 2.63. The molecule has 5 rings (SSSR count). The first-order valence-electron chi connectivity index (χ1n) is 9.88. The summed E-state index contributed by atoms with van der Waals surface area (Å²) in [6.45, 7) is 0.710. The van der Waals surface area contributed by atoms with Crippen LogP contribution in [0.5, 0.6) is 5.75 Å². The predicted molar refractivity (Wildman–Crippen MR) is 109 cm³/mol. The van der Waals surface area contributed by atoms with E-state index < -0.39 is 11.6 Å². The fraction of sp³-hybridized carbons (Fsp3) is 0.217. The molecule has 2 aliphatic heterocycles. The summed E-state index contributed by atoms with van der Waals surface area (Å²) in [5.41, 5.74) is 1.17. The third-order valence-corrected chi connectivity index (χ3v) is 5.99. The highest BCUT2D eigenvalue weighted by molar-refractivity contribution is 6.00. The standard InChI is InChI=1S/C23H19FN4O3/c1-31-17-7-5-16(6-8-17)23-13-19-18(3-2-10-25-19)22(30)28(23)12-11-27(23)21(29)15-4-9-20(24)26-14-15/h2-10,14H,11-13H2,1H3/t23-/m0/s1. The zero-order valence-electron chi connectivity index (χ0n) is 16.8. The maximum absolute atomic E-state index is 13.5. The van der Waals surface area contributed by atoms with Crippen LogP contribution in [0.25, 0.3) is 0 Å². The van der Waals surface area contributed by atoms with E-state index in [2.05, 4.69) is 9.97 Å². The van der Waals surface area contributed by atoms with Crippen molar-refractivity contribution in [3.63, 3.8) is 0 Å². The Labute approximate surface area is 178 Å². The average Bonchev–Trinajstić information content (AvgIpc) is 3.20. The van der Waals surface area contributed by atoms with Crippen molar-refractivity contribution in [2.75, 3.05) is 20.2 Å². The van der Waals surface area contributed by atoms with Crippen LogP contribution < -0.4 is 4.74 Å². The molecule has 1 saturated heterocycles. The van der Waals surface area contributed by atoms with Crippen LogP contribution in [0.15, 0.2) is 60.9 Å². The number of methoxy groups -OCH3 is 1. The molecule has 0 saturated carbocycles. The number of amides is 2. The Hall–Kier alpha value is -3.81. The fourth-order valence-electron chi connectivity index (χ4n) is 4.53. The number of fused-ring (bicyclic) bond motifs is 2. The summed E-state index contributed by atoms with van der Waals surface area (Å²) in [6.07, 6.45) is 3.22. The zero-order valence-corrected chi connectivity index (χ0v) is 16.8. The first-order chi connectivity index (χ1) is 15.0. The van der Waals surface area contributed by atoms with Gasteiger partial charge >= 0.3 is 0 Å². The van der Waals surface area contributed by atoms with Gasteiger partial charge in [-0.3, -0.25) is 14.6 Å². The van der Waals surface area contributed by atoms with Crippen molar-refractivity contribution >= 4 is 11.8 Å². The van der Waals surface area contributed by atoms with Gasteiger partial charge in [0.2, 0.25) is 5.95 Å². The van der Waals surface area contributed by atoms with Gasteiger partial charge in [-0.05, 0) is 42.0 Å². The molecule has 2 aliphatic rings. The van der Waals surface area contributed by atoms with Gasteiger partial charge in [0.15, 0.2) is 0 Å². The first kappa shape index (κ1) is 19.2. The molecule has 7 nitrogen and oxygen atoms in total. The van der Waals surface area contributed by atoms with E-state index in [1.54, 1.807) is 47.4 Å². The van der Waals surface area contributed by atoms with Crippen LogP contribution in [-0.2, 0) is 12.1 Å². The lowest BCUT2D eigenvalue weighted by Gasteiger charge is -2.46. The molecule has 4 heterocycles. The lowest BCUT2D eigenvalue weighted by atomic mass is 9.86. The number of hydrogen-bond acceptors (Lipinski definition) is 5. The molecule has 156 valence electrons. The first-order valence-corrected chi connectivity index (χ1v) is 9.88. The summed E-state index contributed by atoms with van der Waals surface area (Å²) in [5.74, 6) is -0.475. The van der Waals surface area contributed by atoms with Gasteiger partial charge in [-0.15, -0.1) is 0 Å². The molecule has 0 radical (unpaired) electrons. The van der Waals surface area contributed by atoms with Crippen LogP contribution in [0.2, 0.25) is 0 Å². The third kappa shape index (κ3) is 2.86. The zero-order chi connectivity index (χ0) is 21.6. The summed E-state index contributed by atoms with van der Waals surface area (Å²) >= 11 is 0. The van der Waals surface area contributed by atoms with Gasteiger partial charge in [0.1, 0.15) is 11.4 Å². The van der Waals surface area contributed by atoms with E-state index in [0.717, 1.165) is 11.6 Å². The van der Waals surface area contributed by atoms with E-state index in [0.29, 0.717) is 36.5 Å². The maximum Gasteiger partial charge on any atom is 0.257 e. The fourth-order valence-corrected chi connectivity index (χ4v) is 4.53. The molecule has 1 aromatic carbocycles. The van der Waals surface area contributed by atoms with Gasteiger partial charge in [0.05, 0.1) is 23.9 Å². The van der Waals surface area contributed by atoms with Crippen molar-refractivity contribution in [1.82, 2.24) is 19.8 Å². The summed E-state index contributed by atoms with van der Waals surface area (Å²) in [7, 11) is 1.58. The molecule has 2 amide bonds. The number of hydrogen-bond donors (Lipinski definition) is 0. The molecule has 0 N–H and O–H groups in total. The lowest BCUT2D eigenvalue weighted by molar-refractivity contribution is 0.00700. The van der Waals surface area contributed by atoms with Gasteiger partial charge in [-0.25, -0.2) is 4.98 Å². The number of ether oxygens (including phenoxy) is 1. The smallest absolute Gasteiger partial charge is 0.257 e. The lowest BCUT2D eigenvalue weighted by Crippen LogP contribution is -2.58. The van der Waals surface area contributed by atoms with Gasteiger partial charge in [-0.2, -0.15) is 4.39 Å². The minimum atomic E-state index is -1.05. The number of rotatable bonds is 3. The monoisotopic (exact) mass is 418 g/mol. The van der Waals surface area contributed by atoms with E-state index in [1.165, 1.54) is 12.3 Å². The van der Waals surface area contributed by atoms with E-state index in [9.17, 15) is 14.0 Å². The van der Waals surface area contributed by atoms with Crippen LogP contribution in [0, 0.1) is 5.95 Å². The van der Waals surface area contributed by atoms with Crippen molar-refractivity contribution in [3.8, 4) is 5.75 Å². The molecule has 1 atom stereocenters. The summed E-state index contributed by atoms with van der Waals surface area (Å²) in [6, 6.07) is 13.4. The second kappa shape index (κ2) is 7.16. The molecule has 1 fully saturated rings. The number of carbonyl (C=O) groups excluding carboxylic acids is 2. The number of pyridine rings is 2. The number of halogens is 1. The second-order valence-corrected chi connectivity index (χ2v) is 7.50. The molecule has 0 unspecified atom stereocenters. The van der Waals surface area contributed by atoms with Crippen molar-refractivity contribution in [3.05, 3.63) is 89.3 Å². The number of benzene rings is 1. The number of aromatic nitrogens is 2. The Morgan fingerprint density at radius 1 is 1.10 bits per heavy atom. The van der Waals surface area contributed by atoms with E-state index in [1.807, 2.05) is 12.1 Å². The SMILES string of the molecule is COc1ccc([C@]23Cc4ncccc4C(=O)N2CCN3C(=O)c2ccc(F)nc2)cc1. The second-order valence-electron chi connectivity index (χ2n) is 7.50. The average molecular weight is 418 g/mol. The molecule has 0 spiro atoms.